The van der Waals surface area contributed by atoms with E-state index in [1.807, 2.05) is 18.4 Å². The molecule has 0 aliphatic carbocycles. The molecule has 0 saturated heterocycles. The van der Waals surface area contributed by atoms with Crippen molar-refractivity contribution in [2.24, 2.45) is 0 Å². The number of ether oxygens (including phenoxy) is 1. The zero-order valence-corrected chi connectivity index (χ0v) is 20.6. The Kier molecular flexibility index (Phi) is 5.98. The SMILES string of the molecule is Cc1nc(Oc2ccc(NS(=O)(=O)c3ccc(-n4cccn4)cc3)cc2)cc(-n2cnc(C)c2C)n1. The number of nitrogens with zero attached hydrogens (tertiary/aromatic N) is 6. The second kappa shape index (κ2) is 9.27. The van der Waals surface area contributed by atoms with Crippen molar-refractivity contribution in [1.29, 1.82) is 0 Å². The molecule has 36 heavy (non-hydrogen) atoms. The minimum absolute atomic E-state index is 0.146. The van der Waals surface area contributed by atoms with Crippen molar-refractivity contribution in [2.45, 2.75) is 25.7 Å². The molecule has 3 heterocycles. The number of aryl methyl sites for hydroxylation is 2. The number of anilines is 1. The number of sulfonamides is 1. The molecule has 0 unspecified atom stereocenters. The standard InChI is InChI=1S/C25H23N7O3S/c1-17-18(2)31(16-26-17)24-15-25(29-19(3)28-24)35-22-9-5-20(6-10-22)30-36(33,34)23-11-7-21(8-12-23)32-14-4-13-27-32/h4-16,30H,1-3H3. The van der Waals surface area contributed by atoms with Gasteiger partial charge in [-0.05, 0) is 75.4 Å². The molecule has 182 valence electrons. The summed E-state index contributed by atoms with van der Waals surface area (Å²) in [6.07, 6.45) is 5.16. The van der Waals surface area contributed by atoms with Gasteiger partial charge < -0.3 is 4.74 Å². The van der Waals surface area contributed by atoms with Crippen LogP contribution in [0.2, 0.25) is 0 Å². The number of rotatable bonds is 7. The Morgan fingerprint density at radius 3 is 2.33 bits per heavy atom. The van der Waals surface area contributed by atoms with E-state index in [0.717, 1.165) is 17.1 Å². The first-order valence-corrected chi connectivity index (χ1v) is 12.5. The number of hydrogen-bond acceptors (Lipinski definition) is 7. The van der Waals surface area contributed by atoms with E-state index in [2.05, 4.69) is 24.8 Å². The first kappa shape index (κ1) is 23.2. The van der Waals surface area contributed by atoms with E-state index in [9.17, 15) is 8.42 Å². The summed E-state index contributed by atoms with van der Waals surface area (Å²) < 4.78 is 37.7. The molecule has 5 rings (SSSR count). The van der Waals surface area contributed by atoms with Gasteiger partial charge in [-0.2, -0.15) is 10.1 Å². The third-order valence-electron chi connectivity index (χ3n) is 5.54. The molecule has 3 aromatic heterocycles. The lowest BCUT2D eigenvalue weighted by molar-refractivity contribution is 0.459. The lowest BCUT2D eigenvalue weighted by Crippen LogP contribution is -2.13. The summed E-state index contributed by atoms with van der Waals surface area (Å²) >= 11 is 0. The highest BCUT2D eigenvalue weighted by Crippen LogP contribution is 2.25. The van der Waals surface area contributed by atoms with Gasteiger partial charge in [-0.25, -0.2) is 23.1 Å². The van der Waals surface area contributed by atoms with Crippen LogP contribution in [0.15, 0.2) is 84.3 Å². The van der Waals surface area contributed by atoms with Crippen LogP contribution in [0.3, 0.4) is 0 Å². The van der Waals surface area contributed by atoms with Crippen molar-refractivity contribution in [3.8, 4) is 23.1 Å². The minimum Gasteiger partial charge on any atom is -0.439 e. The average molecular weight is 502 g/mol. The normalized spacial score (nSPS) is 11.4. The van der Waals surface area contributed by atoms with E-state index < -0.39 is 10.0 Å². The van der Waals surface area contributed by atoms with Crippen LogP contribution in [0.25, 0.3) is 11.5 Å². The van der Waals surface area contributed by atoms with E-state index in [1.165, 1.54) is 12.1 Å². The molecular weight excluding hydrogens is 478 g/mol. The summed E-state index contributed by atoms with van der Waals surface area (Å²) in [5.74, 6) is 2.08. The average Bonchev–Trinajstić information content (AvgIpc) is 3.51. The van der Waals surface area contributed by atoms with Crippen molar-refractivity contribution in [2.75, 3.05) is 4.72 Å². The number of imidazole rings is 1. The molecule has 1 N–H and O–H groups in total. The lowest BCUT2D eigenvalue weighted by atomic mass is 10.3. The predicted molar refractivity (Wildman–Crippen MR) is 134 cm³/mol. The van der Waals surface area contributed by atoms with Gasteiger partial charge in [-0.1, -0.05) is 0 Å². The Balaban J connectivity index is 1.30. The molecule has 0 aliphatic heterocycles. The van der Waals surface area contributed by atoms with Crippen LogP contribution in [-0.2, 0) is 10.0 Å². The Bertz CT molecular complexity index is 1610. The lowest BCUT2D eigenvalue weighted by Gasteiger charge is -2.11. The van der Waals surface area contributed by atoms with E-state index in [-0.39, 0.29) is 4.90 Å². The largest absolute Gasteiger partial charge is 0.439 e. The smallest absolute Gasteiger partial charge is 0.261 e. The molecule has 0 bridgehead atoms. The fourth-order valence-corrected chi connectivity index (χ4v) is 4.61. The summed E-state index contributed by atoms with van der Waals surface area (Å²) in [5.41, 5.74) is 3.07. The molecule has 0 radical (unpaired) electrons. The van der Waals surface area contributed by atoms with Gasteiger partial charge in [0, 0.05) is 29.8 Å². The first-order valence-electron chi connectivity index (χ1n) is 11.1. The van der Waals surface area contributed by atoms with Crippen molar-refractivity contribution >= 4 is 15.7 Å². The second-order valence-corrected chi connectivity index (χ2v) is 9.76. The highest BCUT2D eigenvalue weighted by atomic mass is 32.2. The second-order valence-electron chi connectivity index (χ2n) is 8.07. The molecule has 0 saturated carbocycles. The molecule has 0 spiro atoms. The highest BCUT2D eigenvalue weighted by Gasteiger charge is 2.15. The van der Waals surface area contributed by atoms with E-state index in [0.29, 0.717) is 29.0 Å². The maximum atomic E-state index is 12.8. The fraction of sp³-hybridized carbons (Fsp3) is 0.120. The zero-order valence-electron chi connectivity index (χ0n) is 19.8. The van der Waals surface area contributed by atoms with Crippen LogP contribution in [0.4, 0.5) is 5.69 Å². The first-order chi connectivity index (χ1) is 17.3. The molecule has 0 atom stereocenters. The van der Waals surface area contributed by atoms with Gasteiger partial charge in [-0.3, -0.25) is 9.29 Å². The molecule has 0 amide bonds. The topological polar surface area (TPSA) is 117 Å². The Morgan fingerprint density at radius 2 is 1.69 bits per heavy atom. The molecule has 10 nitrogen and oxygen atoms in total. The fourth-order valence-electron chi connectivity index (χ4n) is 3.56. The van der Waals surface area contributed by atoms with Gasteiger partial charge in [0.15, 0.2) is 0 Å². The molecule has 11 heteroatoms. The molecule has 0 aliphatic rings. The number of benzene rings is 2. The summed E-state index contributed by atoms with van der Waals surface area (Å²) in [4.78, 5) is 13.3. The van der Waals surface area contributed by atoms with Gasteiger partial charge in [0.05, 0.1) is 16.3 Å². The summed E-state index contributed by atoms with van der Waals surface area (Å²) in [6, 6.07) is 16.6. The predicted octanol–water partition coefficient (Wildman–Crippen LogP) is 4.37. The minimum atomic E-state index is -3.76. The molecule has 0 fully saturated rings. The van der Waals surface area contributed by atoms with Crippen LogP contribution in [-0.4, -0.2) is 37.7 Å². The van der Waals surface area contributed by atoms with Gasteiger partial charge in [0.1, 0.15) is 23.7 Å². The third kappa shape index (κ3) is 4.82. The van der Waals surface area contributed by atoms with E-state index in [4.69, 9.17) is 4.74 Å². The summed E-state index contributed by atoms with van der Waals surface area (Å²) in [7, 11) is -3.76. The summed E-state index contributed by atoms with van der Waals surface area (Å²) in [5, 5.41) is 4.14. The highest BCUT2D eigenvalue weighted by molar-refractivity contribution is 7.92. The Morgan fingerprint density at radius 1 is 0.944 bits per heavy atom. The maximum absolute atomic E-state index is 12.8. The van der Waals surface area contributed by atoms with Crippen molar-refractivity contribution < 1.29 is 13.2 Å². The maximum Gasteiger partial charge on any atom is 0.261 e. The van der Waals surface area contributed by atoms with Gasteiger partial charge >= 0.3 is 0 Å². The van der Waals surface area contributed by atoms with E-state index >= 15 is 0 Å². The number of nitrogens with one attached hydrogen (secondary N) is 1. The number of aromatic nitrogens is 6. The molecule has 2 aromatic carbocycles. The van der Waals surface area contributed by atoms with Crippen molar-refractivity contribution in [1.82, 2.24) is 29.3 Å². The monoisotopic (exact) mass is 501 g/mol. The number of hydrogen-bond donors (Lipinski definition) is 1. The van der Waals surface area contributed by atoms with Crippen LogP contribution < -0.4 is 9.46 Å². The Hall–Kier alpha value is -4.51. The van der Waals surface area contributed by atoms with Gasteiger partial charge in [0.25, 0.3) is 10.0 Å². The van der Waals surface area contributed by atoms with Gasteiger partial charge in [-0.15, -0.1) is 0 Å². The molecule has 5 aromatic rings. The molecular formula is C25H23N7O3S. The zero-order chi connectivity index (χ0) is 25.3. The van der Waals surface area contributed by atoms with Crippen LogP contribution in [0.1, 0.15) is 17.2 Å². The quantitative estimate of drug-likeness (QED) is 0.352. The van der Waals surface area contributed by atoms with E-state index in [1.54, 1.807) is 78.9 Å². The van der Waals surface area contributed by atoms with Crippen LogP contribution >= 0.6 is 0 Å². The third-order valence-corrected chi connectivity index (χ3v) is 6.94. The van der Waals surface area contributed by atoms with Gasteiger partial charge in [0.2, 0.25) is 5.88 Å². The van der Waals surface area contributed by atoms with Crippen LogP contribution in [0, 0.1) is 20.8 Å². The van der Waals surface area contributed by atoms with Crippen LogP contribution in [0.5, 0.6) is 11.6 Å². The van der Waals surface area contributed by atoms with Crippen molar-refractivity contribution in [3.63, 3.8) is 0 Å². The van der Waals surface area contributed by atoms with Crippen molar-refractivity contribution in [3.05, 3.63) is 96.6 Å². The Labute approximate surface area is 208 Å². The summed E-state index contributed by atoms with van der Waals surface area (Å²) in [6.45, 7) is 5.69.